The molecule has 0 fully saturated rings. The minimum Gasteiger partial charge on any atom is -0.312 e. The third kappa shape index (κ3) is 4.45. The van der Waals surface area contributed by atoms with Gasteiger partial charge in [0.2, 0.25) is 0 Å². The van der Waals surface area contributed by atoms with E-state index in [1.807, 2.05) is 18.2 Å². The Morgan fingerprint density at radius 1 is 1.06 bits per heavy atom. The van der Waals surface area contributed by atoms with E-state index >= 15 is 0 Å². The lowest BCUT2D eigenvalue weighted by Gasteiger charge is -2.08. The van der Waals surface area contributed by atoms with Crippen LogP contribution in [-0.4, -0.2) is 6.54 Å². The normalized spacial score (nSPS) is 10.1. The first kappa shape index (κ1) is 15.8. The van der Waals surface area contributed by atoms with E-state index in [-0.39, 0.29) is 12.4 Å². The first-order chi connectivity index (χ1) is 8.27. The Bertz CT molecular complexity index is 451. The Labute approximate surface area is 128 Å². The quantitative estimate of drug-likeness (QED) is 0.779. The molecule has 0 saturated carbocycles. The second kappa shape index (κ2) is 8.03. The molecule has 0 radical (unpaired) electrons. The van der Waals surface area contributed by atoms with E-state index in [1.54, 1.807) is 11.3 Å². The highest BCUT2D eigenvalue weighted by Gasteiger charge is 2.04. The molecule has 0 aliphatic heterocycles. The summed E-state index contributed by atoms with van der Waals surface area (Å²) in [5, 5.41) is 6.90. The Kier molecular flexibility index (Phi) is 7.05. The molecular formula is C13H14Cl3NS. The first-order valence-electron chi connectivity index (χ1n) is 5.43. The van der Waals surface area contributed by atoms with Crippen molar-refractivity contribution in [2.45, 2.75) is 13.0 Å². The van der Waals surface area contributed by atoms with Crippen LogP contribution in [0.2, 0.25) is 10.0 Å². The van der Waals surface area contributed by atoms with Crippen LogP contribution < -0.4 is 5.32 Å². The molecular weight excluding hydrogens is 309 g/mol. The zero-order chi connectivity index (χ0) is 12.1. The second-order valence-corrected chi connectivity index (χ2v) is 5.55. The molecule has 2 aromatic rings. The summed E-state index contributed by atoms with van der Waals surface area (Å²) in [6.07, 6.45) is 1.04. The Balaban J connectivity index is 0.00000162. The van der Waals surface area contributed by atoms with Gasteiger partial charge in [-0.05, 0) is 30.0 Å². The van der Waals surface area contributed by atoms with Gasteiger partial charge in [0.05, 0.1) is 0 Å². The van der Waals surface area contributed by atoms with Crippen molar-refractivity contribution in [3.8, 4) is 0 Å². The van der Waals surface area contributed by atoms with Crippen LogP contribution in [0.3, 0.4) is 0 Å². The molecule has 98 valence electrons. The molecule has 0 bridgehead atoms. The fourth-order valence-corrected chi connectivity index (χ4v) is 2.82. The van der Waals surface area contributed by atoms with Crippen LogP contribution in [0.15, 0.2) is 35.7 Å². The number of hydrogen-bond acceptors (Lipinski definition) is 2. The van der Waals surface area contributed by atoms with Crippen LogP contribution in [0.25, 0.3) is 0 Å². The van der Waals surface area contributed by atoms with E-state index in [1.165, 1.54) is 4.88 Å². The summed E-state index contributed by atoms with van der Waals surface area (Å²) in [6.45, 7) is 1.64. The van der Waals surface area contributed by atoms with E-state index in [0.29, 0.717) is 6.54 Å². The first-order valence-corrected chi connectivity index (χ1v) is 7.07. The lowest BCUT2D eigenvalue weighted by molar-refractivity contribution is 0.691. The fourth-order valence-electron chi connectivity index (χ4n) is 1.58. The topological polar surface area (TPSA) is 12.0 Å². The summed E-state index contributed by atoms with van der Waals surface area (Å²) in [4.78, 5) is 1.39. The van der Waals surface area contributed by atoms with Crippen LogP contribution in [-0.2, 0) is 13.0 Å². The van der Waals surface area contributed by atoms with Gasteiger partial charge in [-0.2, -0.15) is 0 Å². The molecule has 1 N–H and O–H groups in total. The van der Waals surface area contributed by atoms with Crippen molar-refractivity contribution in [3.63, 3.8) is 0 Å². The maximum Gasteiger partial charge on any atom is 0.0465 e. The molecule has 1 aromatic carbocycles. The zero-order valence-electron chi connectivity index (χ0n) is 9.66. The van der Waals surface area contributed by atoms with Gasteiger partial charge >= 0.3 is 0 Å². The third-order valence-corrected chi connectivity index (χ3v) is 4.14. The lowest BCUT2D eigenvalue weighted by atomic mass is 10.2. The number of benzene rings is 1. The van der Waals surface area contributed by atoms with Gasteiger partial charge < -0.3 is 5.32 Å². The van der Waals surface area contributed by atoms with Gasteiger partial charge in [-0.1, -0.05) is 35.3 Å². The smallest absolute Gasteiger partial charge is 0.0465 e. The van der Waals surface area contributed by atoms with E-state index in [0.717, 1.165) is 28.6 Å². The summed E-state index contributed by atoms with van der Waals surface area (Å²) in [5.41, 5.74) is 0.974. The van der Waals surface area contributed by atoms with Crippen LogP contribution in [0.5, 0.6) is 0 Å². The molecule has 0 aliphatic carbocycles. The van der Waals surface area contributed by atoms with E-state index < -0.39 is 0 Å². The molecule has 0 amide bonds. The summed E-state index contributed by atoms with van der Waals surface area (Å²) >= 11 is 14.0. The molecule has 18 heavy (non-hydrogen) atoms. The molecule has 0 atom stereocenters. The van der Waals surface area contributed by atoms with Crippen molar-refractivity contribution in [1.82, 2.24) is 5.32 Å². The van der Waals surface area contributed by atoms with Gasteiger partial charge in [-0.15, -0.1) is 23.7 Å². The Morgan fingerprint density at radius 2 is 1.78 bits per heavy atom. The molecule has 1 nitrogen and oxygen atoms in total. The van der Waals surface area contributed by atoms with E-state index in [4.69, 9.17) is 23.2 Å². The molecule has 5 heteroatoms. The zero-order valence-corrected chi connectivity index (χ0v) is 12.8. The summed E-state index contributed by atoms with van der Waals surface area (Å²) in [7, 11) is 0. The number of rotatable bonds is 5. The number of nitrogens with one attached hydrogen (secondary N) is 1. The van der Waals surface area contributed by atoms with Gasteiger partial charge in [-0.25, -0.2) is 0 Å². The maximum absolute atomic E-state index is 6.09. The second-order valence-electron chi connectivity index (χ2n) is 3.71. The molecule has 1 aromatic heterocycles. The minimum absolute atomic E-state index is 0. The van der Waals surface area contributed by atoms with Crippen molar-refractivity contribution >= 4 is 46.9 Å². The minimum atomic E-state index is 0. The largest absolute Gasteiger partial charge is 0.312 e. The SMILES string of the molecule is Cl.Clc1cccc(Cl)c1CNCCc1cccs1. The highest BCUT2D eigenvalue weighted by molar-refractivity contribution is 7.09. The van der Waals surface area contributed by atoms with Crippen molar-refractivity contribution in [1.29, 1.82) is 0 Å². The monoisotopic (exact) mass is 321 g/mol. The lowest BCUT2D eigenvalue weighted by Crippen LogP contribution is -2.16. The van der Waals surface area contributed by atoms with Gasteiger partial charge in [-0.3, -0.25) is 0 Å². The predicted molar refractivity (Wildman–Crippen MR) is 83.4 cm³/mol. The van der Waals surface area contributed by atoms with Gasteiger partial charge in [0.1, 0.15) is 0 Å². The average Bonchev–Trinajstić information content (AvgIpc) is 2.80. The fraction of sp³-hybridized carbons (Fsp3) is 0.231. The Hall–Kier alpha value is -0.250. The third-order valence-electron chi connectivity index (χ3n) is 2.49. The summed E-state index contributed by atoms with van der Waals surface area (Å²) in [5.74, 6) is 0. The highest BCUT2D eigenvalue weighted by Crippen LogP contribution is 2.23. The predicted octanol–water partition coefficient (Wildman–Crippen LogP) is 4.81. The van der Waals surface area contributed by atoms with Gasteiger partial charge in [0.25, 0.3) is 0 Å². The van der Waals surface area contributed by atoms with E-state index in [9.17, 15) is 0 Å². The number of hydrogen-bond donors (Lipinski definition) is 1. The Morgan fingerprint density at radius 3 is 2.39 bits per heavy atom. The molecule has 1 heterocycles. The molecule has 0 aliphatic rings. The van der Waals surface area contributed by atoms with Crippen molar-refractivity contribution in [3.05, 3.63) is 56.2 Å². The molecule has 0 spiro atoms. The number of halogens is 3. The van der Waals surface area contributed by atoms with Crippen molar-refractivity contribution in [2.75, 3.05) is 6.54 Å². The van der Waals surface area contributed by atoms with Crippen LogP contribution in [0.4, 0.5) is 0 Å². The molecule has 0 saturated heterocycles. The molecule has 0 unspecified atom stereocenters. The van der Waals surface area contributed by atoms with Crippen LogP contribution >= 0.6 is 46.9 Å². The standard InChI is InChI=1S/C13H13Cl2NS.ClH/c14-12-4-1-5-13(15)11(12)9-16-7-6-10-3-2-8-17-10;/h1-5,8,16H,6-7,9H2;1H. The maximum atomic E-state index is 6.09. The van der Waals surface area contributed by atoms with Crippen LogP contribution in [0, 0.1) is 0 Å². The van der Waals surface area contributed by atoms with E-state index in [2.05, 4.69) is 22.8 Å². The van der Waals surface area contributed by atoms with Gasteiger partial charge in [0.15, 0.2) is 0 Å². The number of thiophene rings is 1. The summed E-state index contributed by atoms with van der Waals surface area (Å²) < 4.78 is 0. The molecule has 2 rings (SSSR count). The van der Waals surface area contributed by atoms with Crippen molar-refractivity contribution < 1.29 is 0 Å². The van der Waals surface area contributed by atoms with Crippen molar-refractivity contribution in [2.24, 2.45) is 0 Å². The van der Waals surface area contributed by atoms with Crippen LogP contribution in [0.1, 0.15) is 10.4 Å². The highest BCUT2D eigenvalue weighted by atomic mass is 35.5. The van der Waals surface area contributed by atoms with Gasteiger partial charge in [0, 0.05) is 33.6 Å². The average molecular weight is 323 g/mol. The summed E-state index contributed by atoms with van der Waals surface area (Å²) in [6, 6.07) is 9.81.